The summed E-state index contributed by atoms with van der Waals surface area (Å²) in [4.78, 5) is -2.18. The maximum Gasteiger partial charge on any atom is 0.346 e. The quantitative estimate of drug-likeness (QED) is 0.0657. The lowest BCUT2D eigenvalue weighted by atomic mass is 10.4. The molecule has 0 saturated carbocycles. The Morgan fingerprint density at radius 1 is 1.12 bits per heavy atom. The molecule has 1 fully saturated rings. The number of nitrogens with zero attached hydrogens (tertiary/aromatic N) is 3. The molecular weight excluding hydrogens is 394 g/mol. The molecule has 25 heavy (non-hydrogen) atoms. The van der Waals surface area contributed by atoms with Crippen LogP contribution in [-0.2, 0) is 20.2 Å². The lowest BCUT2D eigenvalue weighted by Gasteiger charge is -2.51. The molecule has 0 aromatic carbocycles. The van der Waals surface area contributed by atoms with Gasteiger partial charge in [0.15, 0.2) is 0 Å². The molecule has 2 unspecified atom stereocenters. The second-order valence-corrected chi connectivity index (χ2v) is 8.39. The van der Waals surface area contributed by atoms with Crippen LogP contribution in [0.5, 0.6) is 0 Å². The van der Waals surface area contributed by atoms with Crippen molar-refractivity contribution in [2.45, 2.75) is 12.3 Å². The summed E-state index contributed by atoms with van der Waals surface area (Å²) >= 11 is 0. The normalized spacial score (nSPS) is 29.0. The highest BCUT2D eigenvalue weighted by Gasteiger charge is 2.64. The number of halogens is 2. The summed E-state index contributed by atoms with van der Waals surface area (Å²) in [7, 11) is -8.92. The summed E-state index contributed by atoms with van der Waals surface area (Å²) < 4.78 is 89.5. The van der Waals surface area contributed by atoms with E-state index in [2.05, 4.69) is 10.6 Å². The molecule has 0 aliphatic carbocycles. The fourth-order valence-corrected chi connectivity index (χ4v) is 2.85. The lowest BCUT2D eigenvalue weighted by Crippen LogP contribution is -2.91. The van der Waals surface area contributed by atoms with Gasteiger partial charge in [0.1, 0.15) is 0 Å². The van der Waals surface area contributed by atoms with Crippen LogP contribution >= 0.6 is 0 Å². The van der Waals surface area contributed by atoms with Crippen LogP contribution < -0.4 is 28.2 Å². The van der Waals surface area contributed by atoms with Gasteiger partial charge in [0, 0.05) is 22.4 Å². The maximum absolute atomic E-state index is 14.9. The van der Waals surface area contributed by atoms with Crippen LogP contribution in [0.15, 0.2) is 0 Å². The molecule has 18 heteroatoms. The van der Waals surface area contributed by atoms with Gasteiger partial charge in [-0.15, -0.1) is 15.9 Å². The number of alkyl halides is 1. The molecule has 0 bridgehead atoms. The maximum atomic E-state index is 14.9. The van der Waals surface area contributed by atoms with Crippen molar-refractivity contribution < 1.29 is 39.6 Å². The molecule has 10 N–H and O–H groups in total. The largest absolute Gasteiger partial charge is 0.346 e. The van der Waals surface area contributed by atoms with Gasteiger partial charge in [-0.2, -0.15) is 16.8 Å². The molecule has 0 aromatic heterocycles. The van der Waals surface area contributed by atoms with Crippen molar-refractivity contribution in [3.8, 4) is 0 Å². The van der Waals surface area contributed by atoms with E-state index in [1.165, 1.54) is 0 Å². The van der Waals surface area contributed by atoms with Crippen molar-refractivity contribution in [2.24, 2.45) is 17.5 Å². The van der Waals surface area contributed by atoms with Crippen LogP contribution in [0.3, 0.4) is 0 Å². The summed E-state index contributed by atoms with van der Waals surface area (Å²) in [6.45, 7) is -2.28. The third-order valence-corrected chi connectivity index (χ3v) is 4.69. The van der Waals surface area contributed by atoms with Crippen LogP contribution in [-0.4, -0.2) is 84.4 Å². The summed E-state index contributed by atoms with van der Waals surface area (Å²) in [6, 6.07) is 0. The highest BCUT2D eigenvalue weighted by molar-refractivity contribution is 7.86. The Hall–Kier alpha value is -0.640. The smallest absolute Gasteiger partial charge is 0.286 e. The summed E-state index contributed by atoms with van der Waals surface area (Å²) in [5, 5.41) is 4.81. The van der Waals surface area contributed by atoms with Crippen molar-refractivity contribution in [2.75, 3.05) is 31.3 Å². The van der Waals surface area contributed by atoms with E-state index < -0.39 is 68.6 Å². The zero-order valence-corrected chi connectivity index (χ0v) is 14.4. The van der Waals surface area contributed by atoms with Crippen molar-refractivity contribution in [3.05, 3.63) is 0 Å². The number of nitrogens with one attached hydrogen (secondary N) is 2. The zero-order chi connectivity index (χ0) is 19.7. The summed E-state index contributed by atoms with van der Waals surface area (Å²) in [6.07, 6.45) is -2.30. The highest BCUT2D eigenvalue weighted by Crippen LogP contribution is 2.27. The third kappa shape index (κ3) is 5.67. The van der Waals surface area contributed by atoms with E-state index in [9.17, 15) is 25.7 Å². The first-order valence-electron chi connectivity index (χ1n) is 6.57. The van der Waals surface area contributed by atoms with E-state index in [0.29, 0.717) is 5.01 Å². The van der Waals surface area contributed by atoms with Gasteiger partial charge < -0.3 is 0 Å². The molecule has 14 nitrogen and oxygen atoms in total. The Morgan fingerprint density at radius 2 is 1.52 bits per heavy atom. The second kappa shape index (κ2) is 7.54. The Morgan fingerprint density at radius 3 is 1.88 bits per heavy atom. The van der Waals surface area contributed by atoms with Crippen molar-refractivity contribution in [1.82, 2.24) is 20.7 Å². The Kier molecular flexibility index (Phi) is 6.76. The number of rotatable bonds is 8. The molecule has 2 atom stereocenters. The van der Waals surface area contributed by atoms with Crippen LogP contribution in [0.1, 0.15) is 0 Å². The molecule has 1 aliphatic heterocycles. The average Bonchev–Trinajstić information content (AvgIpc) is 2.39. The van der Waals surface area contributed by atoms with Crippen molar-refractivity contribution in [3.63, 3.8) is 0 Å². The van der Waals surface area contributed by atoms with Gasteiger partial charge in [0.25, 0.3) is 20.2 Å². The molecule has 1 rings (SSSR count). The van der Waals surface area contributed by atoms with Crippen LogP contribution in [0.4, 0.5) is 8.87 Å². The Bertz CT molecular complexity index is 636. The van der Waals surface area contributed by atoms with E-state index in [1.54, 1.807) is 0 Å². The molecule has 1 heterocycles. The number of nitrogens with two attached hydrogens (primary N) is 3. The first kappa shape index (κ1) is 22.4. The van der Waals surface area contributed by atoms with Crippen LogP contribution in [0.2, 0.25) is 0 Å². The number of hydrazine groups is 2. The van der Waals surface area contributed by atoms with Gasteiger partial charge in [0.2, 0.25) is 13.1 Å². The van der Waals surface area contributed by atoms with E-state index in [4.69, 9.17) is 26.6 Å². The van der Waals surface area contributed by atoms with Crippen LogP contribution in [0, 0.1) is 0 Å². The molecule has 1 aliphatic rings. The minimum absolute atomic E-state index is 0.129. The molecule has 0 radical (unpaired) electrons. The second-order valence-electron chi connectivity index (χ2n) is 5.24. The minimum atomic E-state index is -4.46. The first-order valence-corrected chi connectivity index (χ1v) is 9.79. The summed E-state index contributed by atoms with van der Waals surface area (Å²) in [5.41, 5.74) is 0. The van der Waals surface area contributed by atoms with Gasteiger partial charge in [0.05, 0.1) is 11.5 Å². The van der Waals surface area contributed by atoms with Gasteiger partial charge in [-0.05, 0) is 0 Å². The van der Waals surface area contributed by atoms with E-state index in [0.717, 1.165) is 0 Å². The monoisotopic (exact) mass is 415 g/mol. The minimum Gasteiger partial charge on any atom is -0.286 e. The SMILES string of the molecule is NN1C[N+](N)(F)C(NCCS(=O)(=O)O)(NCCS(=O)(=O)O)N(N)C1F. The van der Waals surface area contributed by atoms with Gasteiger partial charge in [-0.1, -0.05) is 0 Å². The van der Waals surface area contributed by atoms with E-state index >= 15 is 0 Å². The van der Waals surface area contributed by atoms with E-state index in [-0.39, 0.29) is 5.01 Å². The highest BCUT2D eigenvalue weighted by atomic mass is 32.2. The zero-order valence-electron chi connectivity index (χ0n) is 12.8. The lowest BCUT2D eigenvalue weighted by molar-refractivity contribution is -1.14. The molecule has 150 valence electrons. The molecule has 0 amide bonds. The Labute approximate surface area is 142 Å². The number of hydrogen-bond donors (Lipinski definition) is 7. The third-order valence-electron chi connectivity index (χ3n) is 3.25. The van der Waals surface area contributed by atoms with E-state index in [1.807, 2.05) is 0 Å². The van der Waals surface area contributed by atoms with Crippen molar-refractivity contribution in [1.29, 1.82) is 0 Å². The van der Waals surface area contributed by atoms with Crippen molar-refractivity contribution >= 4 is 20.2 Å². The standard InChI is InChI=1S/C7H20F2N8O6S2/c8-6-15(10)5-17(9,12)7(16(6)11,13-1-3-24(18,19)20)14-2-4-25(21,22)23/h6,13-14H,1-5,10-12H2,(H-,18,19,20,21,22,23)/p+1. The average molecular weight is 415 g/mol. The van der Waals surface area contributed by atoms with Gasteiger partial charge in [-0.25, -0.2) is 15.0 Å². The summed E-state index contributed by atoms with van der Waals surface area (Å²) in [5.74, 6) is 11.7. The fourth-order valence-electron chi connectivity index (χ4n) is 2.13. The Balaban J connectivity index is 3.10. The van der Waals surface area contributed by atoms with Crippen LogP contribution in [0.25, 0.3) is 0 Å². The predicted molar refractivity (Wildman–Crippen MR) is 78.9 cm³/mol. The molecular formula is C7H21F2N8O6S2+. The van der Waals surface area contributed by atoms with Gasteiger partial charge >= 0.3 is 5.91 Å². The first-order chi connectivity index (χ1) is 11.1. The predicted octanol–water partition coefficient (Wildman–Crippen LogP) is -4.30. The molecule has 1 saturated heterocycles. The fraction of sp³-hybridized carbons (Fsp3) is 1.00. The molecule has 0 aromatic rings. The van der Waals surface area contributed by atoms with Gasteiger partial charge in [-0.3, -0.25) is 20.8 Å². The molecule has 0 spiro atoms. The number of hydrogen-bond acceptors (Lipinski definition) is 11. The topological polar surface area (TPSA) is 217 Å². The number of quaternary nitrogens is 1.